The zero-order valence-corrected chi connectivity index (χ0v) is 17.0. The lowest BCUT2D eigenvalue weighted by Gasteiger charge is -2.32. The summed E-state index contributed by atoms with van der Waals surface area (Å²) < 4.78 is 5.30. The molecule has 2 heterocycles. The van der Waals surface area contributed by atoms with Gasteiger partial charge in [0.15, 0.2) is 11.6 Å². The van der Waals surface area contributed by atoms with E-state index < -0.39 is 5.91 Å². The number of carbonyl (C=O) groups is 2. The molecule has 0 radical (unpaired) electrons. The fraction of sp³-hybridized carbons (Fsp3) is 0.450. The van der Waals surface area contributed by atoms with Crippen molar-refractivity contribution in [1.82, 2.24) is 20.1 Å². The topological polar surface area (TPSA) is 74.8 Å². The Labute approximate surface area is 161 Å². The van der Waals surface area contributed by atoms with Gasteiger partial charge in [-0.2, -0.15) is 0 Å². The SMILES string of the molecule is C=C(NC(=O)c1nc(C)ccc1C)OC(=C)C(=O)N1CCN(C)CC1.CC. The van der Waals surface area contributed by atoms with Crippen LogP contribution in [0.25, 0.3) is 0 Å². The van der Waals surface area contributed by atoms with Crippen molar-refractivity contribution in [2.45, 2.75) is 27.7 Å². The Morgan fingerprint density at radius 2 is 1.70 bits per heavy atom. The van der Waals surface area contributed by atoms with Crippen molar-refractivity contribution in [2.75, 3.05) is 33.2 Å². The molecule has 1 aliphatic heterocycles. The molecule has 2 amide bonds. The Morgan fingerprint density at radius 3 is 2.30 bits per heavy atom. The molecule has 1 aromatic heterocycles. The largest absolute Gasteiger partial charge is 0.436 e. The molecule has 1 fully saturated rings. The van der Waals surface area contributed by atoms with E-state index in [9.17, 15) is 9.59 Å². The third-order valence-electron chi connectivity index (χ3n) is 3.98. The maximum absolute atomic E-state index is 12.3. The van der Waals surface area contributed by atoms with E-state index in [1.54, 1.807) is 18.7 Å². The number of aromatic nitrogens is 1. The summed E-state index contributed by atoms with van der Waals surface area (Å²) in [6.07, 6.45) is 0. The van der Waals surface area contributed by atoms with Gasteiger partial charge in [0.1, 0.15) is 5.69 Å². The van der Waals surface area contributed by atoms with Crippen molar-refractivity contribution in [3.63, 3.8) is 0 Å². The first-order valence-corrected chi connectivity index (χ1v) is 9.07. The summed E-state index contributed by atoms with van der Waals surface area (Å²) in [6.45, 7) is 17.7. The van der Waals surface area contributed by atoms with Gasteiger partial charge in [-0.15, -0.1) is 0 Å². The highest BCUT2D eigenvalue weighted by molar-refractivity contribution is 5.95. The summed E-state index contributed by atoms with van der Waals surface area (Å²) in [5.41, 5.74) is 1.76. The molecule has 0 bridgehead atoms. The van der Waals surface area contributed by atoms with E-state index in [1.807, 2.05) is 33.0 Å². The number of piperazine rings is 1. The first-order valence-electron chi connectivity index (χ1n) is 9.07. The molecule has 27 heavy (non-hydrogen) atoms. The number of likely N-dealkylation sites (N-methyl/N-ethyl adjacent to an activating group) is 1. The molecule has 0 aromatic carbocycles. The Balaban J connectivity index is 0.00000176. The number of hydrogen-bond acceptors (Lipinski definition) is 5. The lowest BCUT2D eigenvalue weighted by Crippen LogP contribution is -2.47. The van der Waals surface area contributed by atoms with Crippen LogP contribution in [-0.4, -0.2) is 59.8 Å². The number of hydrogen-bond donors (Lipinski definition) is 1. The molecule has 0 atom stereocenters. The maximum Gasteiger partial charge on any atom is 0.289 e. The first kappa shape index (κ1) is 22.4. The fourth-order valence-corrected chi connectivity index (χ4v) is 2.45. The smallest absolute Gasteiger partial charge is 0.289 e. The summed E-state index contributed by atoms with van der Waals surface area (Å²) >= 11 is 0. The van der Waals surface area contributed by atoms with Crippen LogP contribution in [0.4, 0.5) is 0 Å². The highest BCUT2D eigenvalue weighted by Gasteiger charge is 2.23. The Hall–Kier alpha value is -2.67. The monoisotopic (exact) mass is 374 g/mol. The molecule has 7 nitrogen and oxygen atoms in total. The Morgan fingerprint density at radius 1 is 1.11 bits per heavy atom. The summed E-state index contributed by atoms with van der Waals surface area (Å²) in [7, 11) is 2.01. The highest BCUT2D eigenvalue weighted by Crippen LogP contribution is 2.10. The van der Waals surface area contributed by atoms with Crippen molar-refractivity contribution in [1.29, 1.82) is 0 Å². The zero-order valence-electron chi connectivity index (χ0n) is 17.0. The molecule has 0 unspecified atom stereocenters. The average Bonchev–Trinajstić information content (AvgIpc) is 2.65. The minimum absolute atomic E-state index is 0.0554. The van der Waals surface area contributed by atoms with Crippen LogP contribution in [0.5, 0.6) is 0 Å². The molecule has 0 aliphatic carbocycles. The van der Waals surface area contributed by atoms with Crippen LogP contribution < -0.4 is 5.32 Å². The third-order valence-corrected chi connectivity index (χ3v) is 3.98. The highest BCUT2D eigenvalue weighted by atomic mass is 16.5. The second kappa shape index (κ2) is 10.5. The number of aryl methyl sites for hydroxylation is 2. The number of pyridine rings is 1. The van der Waals surface area contributed by atoms with Gasteiger partial charge < -0.3 is 14.5 Å². The van der Waals surface area contributed by atoms with Crippen molar-refractivity contribution in [2.24, 2.45) is 0 Å². The predicted octanol–water partition coefficient (Wildman–Crippen LogP) is 2.23. The number of nitrogens with one attached hydrogen (secondary N) is 1. The van der Waals surface area contributed by atoms with Gasteiger partial charge in [0.05, 0.1) is 0 Å². The van der Waals surface area contributed by atoms with E-state index in [4.69, 9.17) is 4.74 Å². The maximum atomic E-state index is 12.3. The van der Waals surface area contributed by atoms with Crippen LogP contribution in [0.2, 0.25) is 0 Å². The lowest BCUT2D eigenvalue weighted by atomic mass is 10.2. The van der Waals surface area contributed by atoms with Crippen molar-refractivity contribution >= 4 is 11.8 Å². The lowest BCUT2D eigenvalue weighted by molar-refractivity contribution is -0.131. The minimum atomic E-state index is -0.439. The molecule has 1 N–H and O–H groups in total. The third kappa shape index (κ3) is 6.53. The van der Waals surface area contributed by atoms with Crippen LogP contribution >= 0.6 is 0 Å². The van der Waals surface area contributed by atoms with Crippen LogP contribution in [0.15, 0.2) is 36.9 Å². The second-order valence-electron chi connectivity index (χ2n) is 6.12. The summed E-state index contributed by atoms with van der Waals surface area (Å²) in [5.74, 6) is -0.858. The van der Waals surface area contributed by atoms with E-state index in [0.29, 0.717) is 18.8 Å². The second-order valence-corrected chi connectivity index (χ2v) is 6.12. The molecule has 2 rings (SSSR count). The van der Waals surface area contributed by atoms with E-state index >= 15 is 0 Å². The standard InChI is InChI=1S/C18H24N4O3.C2H6/c1-12-6-7-13(2)19-16(12)17(23)20-15(4)25-14(3)18(24)22-10-8-21(5)9-11-22;1-2/h6-7H,3-4,8-11H2,1-2,5H3,(H,20,23);1-2H3. The summed E-state index contributed by atoms with van der Waals surface area (Å²) in [6, 6.07) is 3.64. The molecule has 0 spiro atoms. The van der Waals surface area contributed by atoms with E-state index in [-0.39, 0.29) is 17.5 Å². The van der Waals surface area contributed by atoms with Crippen LogP contribution in [0.1, 0.15) is 35.6 Å². The molecule has 1 saturated heterocycles. The van der Waals surface area contributed by atoms with Crippen molar-refractivity contribution < 1.29 is 14.3 Å². The van der Waals surface area contributed by atoms with E-state index in [1.165, 1.54) is 0 Å². The Bertz CT molecular complexity index is 707. The molecule has 7 heteroatoms. The van der Waals surface area contributed by atoms with Crippen molar-refractivity contribution in [3.8, 4) is 0 Å². The number of nitrogens with zero attached hydrogens (tertiary/aromatic N) is 3. The number of ether oxygens (including phenoxy) is 1. The van der Waals surface area contributed by atoms with Crippen molar-refractivity contribution in [3.05, 3.63) is 53.9 Å². The van der Waals surface area contributed by atoms with E-state index in [2.05, 4.69) is 28.4 Å². The fourth-order valence-electron chi connectivity index (χ4n) is 2.45. The van der Waals surface area contributed by atoms with Gasteiger partial charge in [0, 0.05) is 31.9 Å². The van der Waals surface area contributed by atoms with Crippen LogP contribution in [0, 0.1) is 13.8 Å². The first-order chi connectivity index (χ1) is 12.8. The van der Waals surface area contributed by atoms with Gasteiger partial charge in [-0.3, -0.25) is 14.9 Å². The van der Waals surface area contributed by atoms with Gasteiger partial charge >= 0.3 is 0 Å². The molecular weight excluding hydrogens is 344 g/mol. The number of amides is 2. The number of carbonyl (C=O) groups excluding carboxylic acids is 2. The van der Waals surface area contributed by atoms with Crippen LogP contribution in [-0.2, 0) is 9.53 Å². The molecule has 1 aromatic rings. The zero-order chi connectivity index (χ0) is 20.6. The minimum Gasteiger partial charge on any atom is -0.436 e. The summed E-state index contributed by atoms with van der Waals surface area (Å²) in [5, 5.41) is 2.50. The van der Waals surface area contributed by atoms with Gasteiger partial charge in [-0.1, -0.05) is 26.5 Å². The van der Waals surface area contributed by atoms with Gasteiger partial charge in [-0.05, 0) is 39.1 Å². The van der Waals surface area contributed by atoms with Gasteiger partial charge in [-0.25, -0.2) is 4.98 Å². The molecular formula is C20H30N4O3. The molecule has 148 valence electrons. The normalized spacial score (nSPS) is 13.9. The molecule has 1 aliphatic rings. The quantitative estimate of drug-likeness (QED) is 0.632. The van der Waals surface area contributed by atoms with Gasteiger partial charge in [0.2, 0.25) is 0 Å². The number of rotatable bonds is 5. The van der Waals surface area contributed by atoms with Crippen LogP contribution in [0.3, 0.4) is 0 Å². The Kier molecular flexibility index (Phi) is 8.68. The molecule has 0 saturated carbocycles. The van der Waals surface area contributed by atoms with E-state index in [0.717, 1.165) is 24.3 Å². The average molecular weight is 374 g/mol. The predicted molar refractivity (Wildman–Crippen MR) is 106 cm³/mol. The summed E-state index contributed by atoms with van der Waals surface area (Å²) in [4.78, 5) is 32.6. The van der Waals surface area contributed by atoms with Gasteiger partial charge in [0.25, 0.3) is 11.8 Å².